The highest BCUT2D eigenvalue weighted by molar-refractivity contribution is 5.89. The maximum atomic E-state index is 11.6. The molecular formula is C38H43N15O2. The Hall–Kier alpha value is -7.27. The maximum Gasteiger partial charge on any atom is 0.233 e. The largest absolute Gasteiger partial charge is 0.399 e. The highest BCUT2D eigenvalue weighted by Gasteiger charge is 2.11. The fourth-order valence-electron chi connectivity index (χ4n) is 5.28. The van der Waals surface area contributed by atoms with E-state index in [9.17, 15) is 9.90 Å². The van der Waals surface area contributed by atoms with Crippen molar-refractivity contribution in [2.75, 3.05) is 74.9 Å². The second-order valence-electron chi connectivity index (χ2n) is 12.3. The van der Waals surface area contributed by atoms with Gasteiger partial charge in [-0.2, -0.15) is 29.9 Å². The lowest BCUT2D eigenvalue weighted by molar-refractivity contribution is -0.114. The molecule has 0 spiro atoms. The predicted molar refractivity (Wildman–Crippen MR) is 218 cm³/mol. The third-order valence-corrected chi connectivity index (χ3v) is 7.83. The minimum Gasteiger partial charge on any atom is -0.399 e. The number of nitrogens with zero attached hydrogens (tertiary/aromatic N) is 6. The van der Waals surface area contributed by atoms with Gasteiger partial charge in [-0.3, -0.25) is 4.79 Å². The molecule has 6 aromatic rings. The van der Waals surface area contributed by atoms with Crippen LogP contribution < -0.4 is 48.7 Å². The summed E-state index contributed by atoms with van der Waals surface area (Å²) < 4.78 is 0. The second kappa shape index (κ2) is 18.5. The second-order valence-corrected chi connectivity index (χ2v) is 12.3. The Morgan fingerprint density at radius 3 is 1.53 bits per heavy atom. The van der Waals surface area contributed by atoms with E-state index in [0.29, 0.717) is 84.5 Å². The summed E-state index contributed by atoms with van der Waals surface area (Å²) >= 11 is 0. The van der Waals surface area contributed by atoms with Crippen molar-refractivity contribution in [3.05, 3.63) is 108 Å². The lowest BCUT2D eigenvalue weighted by Crippen LogP contribution is -2.14. The van der Waals surface area contributed by atoms with Gasteiger partial charge in [-0.15, -0.1) is 0 Å². The van der Waals surface area contributed by atoms with Gasteiger partial charge in [-0.25, -0.2) is 0 Å². The summed E-state index contributed by atoms with van der Waals surface area (Å²) in [5.74, 6) is 1.89. The average Bonchev–Trinajstić information content (AvgIpc) is 3.15. The van der Waals surface area contributed by atoms with Gasteiger partial charge in [-0.05, 0) is 84.6 Å². The monoisotopic (exact) mass is 741 g/mol. The number of aromatic nitrogens is 6. The molecule has 0 aliphatic rings. The van der Waals surface area contributed by atoms with Crippen LogP contribution in [0.3, 0.4) is 0 Å². The first-order valence-electron chi connectivity index (χ1n) is 17.6. The van der Waals surface area contributed by atoms with E-state index >= 15 is 0 Å². The number of anilines is 12. The Bertz CT molecular complexity index is 2180. The summed E-state index contributed by atoms with van der Waals surface area (Å²) in [6.45, 7) is 2.81. The molecule has 1 amide bonds. The van der Waals surface area contributed by atoms with Gasteiger partial charge in [0.25, 0.3) is 0 Å². The summed E-state index contributed by atoms with van der Waals surface area (Å²) in [5, 5.41) is 31.3. The number of benzene rings is 4. The Morgan fingerprint density at radius 1 is 0.527 bits per heavy atom. The van der Waals surface area contributed by atoms with Gasteiger partial charge in [0.1, 0.15) is 0 Å². The molecule has 6 rings (SSSR count). The van der Waals surface area contributed by atoms with Crippen molar-refractivity contribution in [2.24, 2.45) is 0 Å². The molecule has 0 bridgehead atoms. The molecule has 0 saturated heterocycles. The van der Waals surface area contributed by atoms with Crippen molar-refractivity contribution in [3.8, 4) is 0 Å². The minimum atomic E-state index is -0.167. The van der Waals surface area contributed by atoms with E-state index in [1.165, 1.54) is 6.92 Å². The Labute approximate surface area is 317 Å². The number of hydrogen-bond acceptors (Lipinski definition) is 16. The summed E-state index contributed by atoms with van der Waals surface area (Å²) in [6.07, 6.45) is 1.42. The number of nitrogens with two attached hydrogens (primary N) is 2. The molecule has 4 aromatic carbocycles. The van der Waals surface area contributed by atoms with Crippen LogP contribution in [-0.4, -0.2) is 67.2 Å². The van der Waals surface area contributed by atoms with Crippen LogP contribution in [0, 0.1) is 0 Å². The molecule has 0 unspecified atom stereocenters. The fourth-order valence-corrected chi connectivity index (χ4v) is 5.28. The van der Waals surface area contributed by atoms with Gasteiger partial charge < -0.3 is 53.8 Å². The Kier molecular flexibility index (Phi) is 12.6. The van der Waals surface area contributed by atoms with Gasteiger partial charge in [0.05, 0.1) is 6.61 Å². The van der Waals surface area contributed by atoms with E-state index in [2.05, 4.69) is 67.1 Å². The van der Waals surface area contributed by atoms with Gasteiger partial charge in [0, 0.05) is 60.7 Å². The van der Waals surface area contributed by atoms with Gasteiger partial charge >= 0.3 is 0 Å². The summed E-state index contributed by atoms with van der Waals surface area (Å²) in [5.41, 5.74) is 18.1. The Morgan fingerprint density at radius 2 is 0.982 bits per heavy atom. The fraction of sp³-hybridized carbons (Fsp3) is 0.184. The highest BCUT2D eigenvalue weighted by Crippen LogP contribution is 2.22. The van der Waals surface area contributed by atoms with Gasteiger partial charge in [-0.1, -0.05) is 36.4 Å². The molecule has 2 heterocycles. The molecule has 12 N–H and O–H groups in total. The van der Waals surface area contributed by atoms with Crippen molar-refractivity contribution in [2.45, 2.75) is 19.8 Å². The van der Waals surface area contributed by atoms with Crippen molar-refractivity contribution in [1.82, 2.24) is 29.9 Å². The minimum absolute atomic E-state index is 0.0679. The molecule has 0 aliphatic heterocycles. The van der Waals surface area contributed by atoms with Crippen LogP contribution in [0.1, 0.15) is 18.1 Å². The molecule has 17 nitrogen and oxygen atoms in total. The van der Waals surface area contributed by atoms with Crippen molar-refractivity contribution in [3.63, 3.8) is 0 Å². The van der Waals surface area contributed by atoms with Crippen LogP contribution in [-0.2, 0) is 17.6 Å². The molecule has 17 heteroatoms. The van der Waals surface area contributed by atoms with E-state index in [0.717, 1.165) is 28.9 Å². The lowest BCUT2D eigenvalue weighted by Gasteiger charge is -2.13. The molecular weight excluding hydrogens is 699 g/mol. The SMILES string of the molecule is CC(=O)Nc1cccc(Nc2nc(NCCc3ccc(N)cc3)nc(Nc3ccc(CCNc4nc(NCCO)nc(Nc5cccc(N)c5)n4)cc3)n2)c1. The van der Waals surface area contributed by atoms with Crippen molar-refractivity contribution < 1.29 is 9.90 Å². The topological polar surface area (TPSA) is 251 Å². The number of aliphatic hydroxyl groups is 1. The van der Waals surface area contributed by atoms with Crippen LogP contribution in [0.4, 0.5) is 69.8 Å². The van der Waals surface area contributed by atoms with Gasteiger partial charge in [0.15, 0.2) is 0 Å². The molecule has 0 atom stereocenters. The number of carbonyl (C=O) groups is 1. The van der Waals surface area contributed by atoms with E-state index in [-0.39, 0.29) is 12.5 Å². The standard InChI is InChI=1S/C38H43N15O2/c1-24(55)44-31-6-3-7-32(23-31)47-38-51-34(42-18-16-25-8-12-27(39)13-9-25)50-36(53-38)45-29-14-10-26(11-15-29)17-19-41-33-48-35(43-20-21-54)52-37(49-33)46-30-5-2-4-28(40)22-30/h2-15,22-23,54H,16-21,39-40H2,1H3,(H,44,55)(H3,41,43,46,48,49,52)(H3,42,45,47,50,51,53). The molecule has 282 valence electrons. The molecule has 0 fully saturated rings. The molecule has 0 radical (unpaired) electrons. The quantitative estimate of drug-likeness (QED) is 0.0513. The third-order valence-electron chi connectivity index (χ3n) is 7.83. The first-order chi connectivity index (χ1) is 26.8. The molecule has 2 aromatic heterocycles. The van der Waals surface area contributed by atoms with Crippen LogP contribution in [0.5, 0.6) is 0 Å². The van der Waals surface area contributed by atoms with E-state index in [4.69, 9.17) is 11.5 Å². The predicted octanol–water partition coefficient (Wildman–Crippen LogP) is 5.12. The number of rotatable bonds is 18. The molecule has 0 aliphatic carbocycles. The Balaban J connectivity index is 1.10. The number of hydrogen-bond donors (Lipinski definition) is 10. The number of nitrogens with one attached hydrogen (secondary N) is 7. The molecule has 55 heavy (non-hydrogen) atoms. The van der Waals surface area contributed by atoms with Crippen molar-refractivity contribution in [1.29, 1.82) is 0 Å². The third kappa shape index (κ3) is 11.9. The zero-order chi connectivity index (χ0) is 38.4. The zero-order valence-corrected chi connectivity index (χ0v) is 30.2. The van der Waals surface area contributed by atoms with Crippen LogP contribution >= 0.6 is 0 Å². The highest BCUT2D eigenvalue weighted by atomic mass is 16.3. The summed E-state index contributed by atoms with van der Waals surface area (Å²) in [4.78, 5) is 38.8. The number of carbonyl (C=O) groups excluding carboxylic acids is 1. The zero-order valence-electron chi connectivity index (χ0n) is 30.2. The lowest BCUT2D eigenvalue weighted by atomic mass is 10.1. The summed E-state index contributed by atoms with van der Waals surface area (Å²) in [7, 11) is 0. The number of aliphatic hydroxyl groups excluding tert-OH is 1. The average molecular weight is 742 g/mol. The van der Waals surface area contributed by atoms with E-state index in [1.807, 2.05) is 72.8 Å². The van der Waals surface area contributed by atoms with Gasteiger partial charge in [0.2, 0.25) is 41.6 Å². The van der Waals surface area contributed by atoms with Crippen molar-refractivity contribution >= 4 is 75.7 Å². The first kappa shape index (κ1) is 37.5. The van der Waals surface area contributed by atoms with E-state index < -0.39 is 0 Å². The smallest absolute Gasteiger partial charge is 0.233 e. The summed E-state index contributed by atoms with van der Waals surface area (Å²) in [6, 6.07) is 30.2. The van der Waals surface area contributed by atoms with Crippen LogP contribution in [0.15, 0.2) is 97.1 Å². The van der Waals surface area contributed by atoms with Crippen LogP contribution in [0.2, 0.25) is 0 Å². The first-order valence-corrected chi connectivity index (χ1v) is 17.6. The number of amides is 1. The maximum absolute atomic E-state index is 11.6. The molecule has 0 saturated carbocycles. The normalized spacial score (nSPS) is 10.7. The number of nitrogen functional groups attached to an aromatic ring is 2. The van der Waals surface area contributed by atoms with Crippen LogP contribution in [0.25, 0.3) is 0 Å². The van der Waals surface area contributed by atoms with E-state index in [1.54, 1.807) is 24.3 Å².